The second-order valence-electron chi connectivity index (χ2n) is 8.56. The number of halogens is 3. The molecule has 0 aromatic carbocycles. The Kier molecular flexibility index (Phi) is 6.65. The topological polar surface area (TPSA) is 117 Å². The molecule has 0 unspecified atom stereocenters. The SMILES string of the molecule is Cc1nc(C(=O)NCc2cc(NS(=O)(=O)C3CC3)ccn2)cnc1N1CCC[C@@H](C(F)(F)F)C1. The van der Waals surface area contributed by atoms with Crippen molar-refractivity contribution in [3.8, 4) is 0 Å². The predicted molar refractivity (Wildman–Crippen MR) is 119 cm³/mol. The van der Waals surface area contributed by atoms with Gasteiger partial charge in [0, 0.05) is 19.3 Å². The first-order valence-electron chi connectivity index (χ1n) is 10.9. The normalized spacial score (nSPS) is 19.1. The Morgan fingerprint density at radius 2 is 2.00 bits per heavy atom. The van der Waals surface area contributed by atoms with E-state index in [9.17, 15) is 26.4 Å². The van der Waals surface area contributed by atoms with Crippen LogP contribution in [0.3, 0.4) is 0 Å². The smallest absolute Gasteiger partial charge is 0.355 e. The van der Waals surface area contributed by atoms with E-state index in [1.165, 1.54) is 24.5 Å². The first kappa shape index (κ1) is 24.2. The lowest BCUT2D eigenvalue weighted by Gasteiger charge is -2.34. The highest BCUT2D eigenvalue weighted by atomic mass is 32.2. The zero-order valence-electron chi connectivity index (χ0n) is 18.5. The van der Waals surface area contributed by atoms with Crippen LogP contribution in [0.25, 0.3) is 0 Å². The summed E-state index contributed by atoms with van der Waals surface area (Å²) < 4.78 is 66.0. The number of sulfonamides is 1. The fraction of sp³-hybridized carbons (Fsp3) is 0.524. The molecule has 3 heterocycles. The highest BCUT2D eigenvalue weighted by Crippen LogP contribution is 2.35. The number of carbonyl (C=O) groups is 1. The van der Waals surface area contributed by atoms with Crippen molar-refractivity contribution in [1.29, 1.82) is 0 Å². The van der Waals surface area contributed by atoms with Gasteiger partial charge < -0.3 is 10.2 Å². The summed E-state index contributed by atoms with van der Waals surface area (Å²) in [5.41, 5.74) is 1.20. The molecule has 2 aromatic heterocycles. The minimum atomic E-state index is -4.26. The van der Waals surface area contributed by atoms with E-state index in [0.717, 1.165) is 0 Å². The number of amides is 1. The fourth-order valence-corrected chi connectivity index (χ4v) is 5.24. The average Bonchev–Trinajstić information content (AvgIpc) is 3.63. The Hall–Kier alpha value is -2.96. The van der Waals surface area contributed by atoms with Gasteiger partial charge in [-0.05, 0) is 44.7 Å². The van der Waals surface area contributed by atoms with Gasteiger partial charge in [-0.25, -0.2) is 18.4 Å². The fourth-order valence-electron chi connectivity index (χ4n) is 3.86. The van der Waals surface area contributed by atoms with Gasteiger partial charge in [0.15, 0.2) is 0 Å². The van der Waals surface area contributed by atoms with E-state index in [-0.39, 0.29) is 30.5 Å². The number of hydrogen-bond donors (Lipinski definition) is 2. The van der Waals surface area contributed by atoms with E-state index < -0.39 is 28.0 Å². The molecule has 1 atom stereocenters. The van der Waals surface area contributed by atoms with Crippen LogP contribution >= 0.6 is 0 Å². The molecule has 0 radical (unpaired) electrons. The standard InChI is InChI=1S/C21H25F3N6O3S/c1-13-19(30-8-2-3-14(12-30)21(22,23)24)26-11-18(28-13)20(31)27-10-16-9-15(6-7-25-16)29-34(32,33)17-4-5-17/h6-7,9,11,14,17H,2-5,8,10,12H2,1H3,(H,25,29)(H,27,31)/t14-/m1/s1. The van der Waals surface area contributed by atoms with Gasteiger partial charge in [0.2, 0.25) is 10.0 Å². The Bertz CT molecular complexity index is 1170. The van der Waals surface area contributed by atoms with E-state index >= 15 is 0 Å². The van der Waals surface area contributed by atoms with Crippen molar-refractivity contribution in [3.63, 3.8) is 0 Å². The lowest BCUT2D eigenvalue weighted by Crippen LogP contribution is -2.42. The molecule has 13 heteroatoms. The van der Waals surface area contributed by atoms with Gasteiger partial charge >= 0.3 is 6.18 Å². The molecule has 2 aromatic rings. The van der Waals surface area contributed by atoms with Gasteiger partial charge in [-0.2, -0.15) is 13.2 Å². The van der Waals surface area contributed by atoms with Crippen LogP contribution in [0, 0.1) is 12.8 Å². The number of aryl methyl sites for hydroxylation is 1. The van der Waals surface area contributed by atoms with Crippen LogP contribution in [-0.4, -0.2) is 53.8 Å². The van der Waals surface area contributed by atoms with Gasteiger partial charge in [0.25, 0.3) is 5.91 Å². The van der Waals surface area contributed by atoms with Crippen molar-refractivity contribution < 1.29 is 26.4 Å². The summed E-state index contributed by atoms with van der Waals surface area (Å²) in [6, 6.07) is 3.07. The lowest BCUT2D eigenvalue weighted by molar-refractivity contribution is -0.176. The molecule has 1 amide bonds. The summed E-state index contributed by atoms with van der Waals surface area (Å²) in [6.45, 7) is 1.89. The highest BCUT2D eigenvalue weighted by Gasteiger charge is 2.42. The third kappa shape index (κ3) is 5.75. The second-order valence-corrected chi connectivity index (χ2v) is 10.5. The zero-order valence-corrected chi connectivity index (χ0v) is 19.3. The summed E-state index contributed by atoms with van der Waals surface area (Å²) in [5, 5.41) is 2.29. The maximum Gasteiger partial charge on any atom is 0.393 e. The van der Waals surface area contributed by atoms with Crippen molar-refractivity contribution in [2.24, 2.45) is 5.92 Å². The summed E-state index contributed by atoms with van der Waals surface area (Å²) >= 11 is 0. The molecular formula is C21H25F3N6O3S. The van der Waals surface area contributed by atoms with Crippen molar-refractivity contribution in [1.82, 2.24) is 20.3 Å². The summed E-state index contributed by atoms with van der Waals surface area (Å²) in [7, 11) is -3.41. The number of rotatable bonds is 7. The third-order valence-corrected chi connectivity index (χ3v) is 7.68. The molecular weight excluding hydrogens is 473 g/mol. The number of carbonyl (C=O) groups excluding carboxylic acids is 1. The quantitative estimate of drug-likeness (QED) is 0.603. The molecule has 2 aliphatic rings. The Balaban J connectivity index is 1.38. The van der Waals surface area contributed by atoms with Crippen LogP contribution < -0.4 is 14.9 Å². The predicted octanol–water partition coefficient (Wildman–Crippen LogP) is 2.79. The summed E-state index contributed by atoms with van der Waals surface area (Å²) in [4.78, 5) is 26.7. The number of pyridine rings is 1. The Morgan fingerprint density at radius 1 is 1.24 bits per heavy atom. The van der Waals surface area contributed by atoms with Crippen molar-refractivity contribution in [3.05, 3.63) is 41.6 Å². The van der Waals surface area contributed by atoms with Crippen LogP contribution in [0.2, 0.25) is 0 Å². The van der Waals surface area contributed by atoms with Gasteiger partial charge in [0.1, 0.15) is 11.5 Å². The number of aromatic nitrogens is 3. The van der Waals surface area contributed by atoms with Crippen LogP contribution in [0.1, 0.15) is 47.6 Å². The third-order valence-electron chi connectivity index (χ3n) is 5.81. The first-order valence-corrected chi connectivity index (χ1v) is 12.5. The molecule has 1 aliphatic carbocycles. The number of alkyl halides is 3. The number of hydrogen-bond acceptors (Lipinski definition) is 7. The molecule has 34 heavy (non-hydrogen) atoms. The van der Waals surface area contributed by atoms with Crippen LogP contribution in [0.15, 0.2) is 24.5 Å². The first-order chi connectivity index (χ1) is 16.0. The molecule has 184 valence electrons. The Labute approximate surface area is 195 Å². The van der Waals surface area contributed by atoms with Gasteiger partial charge in [-0.3, -0.25) is 14.5 Å². The molecule has 1 aliphatic heterocycles. The van der Waals surface area contributed by atoms with Crippen LogP contribution in [0.5, 0.6) is 0 Å². The van der Waals surface area contributed by atoms with E-state index in [0.29, 0.717) is 48.7 Å². The molecule has 2 fully saturated rings. The number of anilines is 2. The zero-order chi connectivity index (χ0) is 24.5. The molecule has 4 rings (SSSR count). The lowest BCUT2D eigenvalue weighted by atomic mass is 9.97. The number of nitrogens with one attached hydrogen (secondary N) is 2. The maximum atomic E-state index is 13.1. The van der Waals surface area contributed by atoms with Gasteiger partial charge in [-0.15, -0.1) is 0 Å². The van der Waals surface area contributed by atoms with Crippen LogP contribution in [-0.2, 0) is 16.6 Å². The molecule has 1 saturated carbocycles. The van der Waals surface area contributed by atoms with Crippen LogP contribution in [0.4, 0.5) is 24.7 Å². The van der Waals surface area contributed by atoms with E-state index in [4.69, 9.17) is 0 Å². The summed E-state index contributed by atoms with van der Waals surface area (Å²) in [6.07, 6.45) is 0.191. The number of piperidine rings is 1. The monoisotopic (exact) mass is 498 g/mol. The Morgan fingerprint density at radius 3 is 2.68 bits per heavy atom. The minimum absolute atomic E-state index is 0.0243. The summed E-state index contributed by atoms with van der Waals surface area (Å²) in [5.74, 6) is -1.61. The average molecular weight is 499 g/mol. The van der Waals surface area contributed by atoms with Crippen molar-refractivity contribution in [2.75, 3.05) is 22.7 Å². The van der Waals surface area contributed by atoms with E-state index in [1.54, 1.807) is 11.8 Å². The van der Waals surface area contributed by atoms with Crippen molar-refractivity contribution >= 4 is 27.4 Å². The molecule has 2 N–H and O–H groups in total. The van der Waals surface area contributed by atoms with E-state index in [1.807, 2.05) is 0 Å². The maximum absolute atomic E-state index is 13.1. The molecule has 1 saturated heterocycles. The van der Waals surface area contributed by atoms with Gasteiger partial charge in [-0.1, -0.05) is 0 Å². The number of nitrogens with zero attached hydrogens (tertiary/aromatic N) is 4. The molecule has 0 spiro atoms. The highest BCUT2D eigenvalue weighted by molar-refractivity contribution is 7.93. The molecule has 9 nitrogen and oxygen atoms in total. The van der Waals surface area contributed by atoms with Crippen molar-refractivity contribution in [2.45, 2.75) is 50.6 Å². The largest absolute Gasteiger partial charge is 0.393 e. The minimum Gasteiger partial charge on any atom is -0.355 e. The second kappa shape index (κ2) is 9.35. The molecule has 0 bridgehead atoms. The van der Waals surface area contributed by atoms with Gasteiger partial charge in [0.05, 0.1) is 41.0 Å². The van der Waals surface area contributed by atoms with E-state index in [2.05, 4.69) is 25.0 Å².